The second kappa shape index (κ2) is 55.2. The van der Waals surface area contributed by atoms with Gasteiger partial charge in [0.1, 0.15) is 13.2 Å². The summed E-state index contributed by atoms with van der Waals surface area (Å²) in [5, 5.41) is 0. The highest BCUT2D eigenvalue weighted by Gasteiger charge is 2.19. The summed E-state index contributed by atoms with van der Waals surface area (Å²) in [4.78, 5) is 38.1. The highest BCUT2D eigenvalue weighted by Crippen LogP contribution is 2.16. The van der Waals surface area contributed by atoms with Crippen LogP contribution in [0.1, 0.15) is 265 Å². The Balaban J connectivity index is 4.40. The predicted octanol–water partition coefficient (Wildman–Crippen LogP) is 18.8. The van der Waals surface area contributed by atoms with Gasteiger partial charge in [0.05, 0.1) is 0 Å². The van der Waals surface area contributed by atoms with Gasteiger partial charge in [-0.1, -0.05) is 260 Å². The number of hydrogen-bond acceptors (Lipinski definition) is 6. The van der Waals surface area contributed by atoms with E-state index in [0.717, 1.165) is 103 Å². The van der Waals surface area contributed by atoms with Gasteiger partial charge in [-0.25, -0.2) is 0 Å². The van der Waals surface area contributed by atoms with Crippen molar-refractivity contribution in [2.24, 2.45) is 0 Å². The Morgan fingerprint density at radius 3 is 1.09 bits per heavy atom. The highest BCUT2D eigenvalue weighted by atomic mass is 16.6. The van der Waals surface area contributed by atoms with Crippen molar-refractivity contribution in [3.63, 3.8) is 0 Å². The first-order chi connectivity index (χ1) is 33.0. The summed E-state index contributed by atoms with van der Waals surface area (Å²) in [6, 6.07) is 0. The third-order valence-electron chi connectivity index (χ3n) is 12.0. The van der Waals surface area contributed by atoms with Gasteiger partial charge in [0.2, 0.25) is 0 Å². The average molecular weight is 933 g/mol. The van der Waals surface area contributed by atoms with Crippen LogP contribution in [0.3, 0.4) is 0 Å². The monoisotopic (exact) mass is 933 g/mol. The van der Waals surface area contributed by atoms with Crippen molar-refractivity contribution in [2.75, 3.05) is 13.2 Å². The second-order valence-electron chi connectivity index (χ2n) is 18.5. The molecule has 0 radical (unpaired) electrons. The minimum absolute atomic E-state index is 0.0861. The first-order valence-corrected chi connectivity index (χ1v) is 28.1. The van der Waals surface area contributed by atoms with Crippen molar-refractivity contribution in [3.05, 3.63) is 85.1 Å². The lowest BCUT2D eigenvalue weighted by Crippen LogP contribution is -2.30. The molecular formula is C61H104O6. The molecule has 1 unspecified atom stereocenters. The van der Waals surface area contributed by atoms with Gasteiger partial charge in [-0.2, -0.15) is 0 Å². The number of unbranched alkanes of at least 4 members (excludes halogenated alkanes) is 28. The van der Waals surface area contributed by atoms with Gasteiger partial charge >= 0.3 is 17.9 Å². The maximum atomic E-state index is 12.8. The number of allylic oxidation sites excluding steroid dienone is 14. The maximum absolute atomic E-state index is 12.8. The Bertz CT molecular complexity index is 1300. The quantitative estimate of drug-likeness (QED) is 0.0199. The first-order valence-electron chi connectivity index (χ1n) is 28.1. The van der Waals surface area contributed by atoms with Crippen molar-refractivity contribution < 1.29 is 28.6 Å². The zero-order chi connectivity index (χ0) is 48.6. The Morgan fingerprint density at radius 1 is 0.328 bits per heavy atom. The smallest absolute Gasteiger partial charge is 0.306 e. The molecule has 0 N–H and O–H groups in total. The minimum Gasteiger partial charge on any atom is -0.462 e. The second-order valence-corrected chi connectivity index (χ2v) is 18.5. The van der Waals surface area contributed by atoms with Gasteiger partial charge < -0.3 is 14.2 Å². The molecule has 0 aromatic rings. The molecular weight excluding hydrogens is 829 g/mol. The molecule has 0 aliphatic heterocycles. The number of ether oxygens (including phenoxy) is 3. The van der Waals surface area contributed by atoms with Crippen LogP contribution in [0.15, 0.2) is 85.1 Å². The third kappa shape index (κ3) is 53.4. The fraction of sp³-hybridized carbons (Fsp3) is 0.721. The fourth-order valence-electron chi connectivity index (χ4n) is 7.82. The van der Waals surface area contributed by atoms with Gasteiger partial charge in [-0.3, -0.25) is 14.4 Å². The average Bonchev–Trinajstić information content (AvgIpc) is 3.33. The summed E-state index contributed by atoms with van der Waals surface area (Å²) in [6.07, 6.45) is 71.4. The Kier molecular flexibility index (Phi) is 52.4. The Morgan fingerprint density at radius 2 is 0.657 bits per heavy atom. The van der Waals surface area contributed by atoms with E-state index in [1.54, 1.807) is 0 Å². The van der Waals surface area contributed by atoms with Gasteiger partial charge in [0.25, 0.3) is 0 Å². The molecule has 0 heterocycles. The predicted molar refractivity (Wildman–Crippen MR) is 288 cm³/mol. The summed E-state index contributed by atoms with van der Waals surface area (Å²) >= 11 is 0. The van der Waals surface area contributed by atoms with Crippen LogP contribution in [0.25, 0.3) is 0 Å². The molecule has 0 saturated carbocycles. The van der Waals surface area contributed by atoms with Crippen LogP contribution in [0.5, 0.6) is 0 Å². The summed E-state index contributed by atoms with van der Waals surface area (Å²) in [6.45, 7) is 6.39. The first kappa shape index (κ1) is 63.6. The van der Waals surface area contributed by atoms with E-state index >= 15 is 0 Å². The topological polar surface area (TPSA) is 78.9 Å². The van der Waals surface area contributed by atoms with Crippen molar-refractivity contribution in [2.45, 2.75) is 271 Å². The van der Waals surface area contributed by atoms with Crippen LogP contribution < -0.4 is 0 Å². The summed E-state index contributed by atoms with van der Waals surface area (Å²) in [5.41, 5.74) is 0. The van der Waals surface area contributed by atoms with Crippen LogP contribution in [0, 0.1) is 0 Å². The third-order valence-corrected chi connectivity index (χ3v) is 12.0. The molecule has 0 amide bonds. The summed E-state index contributed by atoms with van der Waals surface area (Å²) in [7, 11) is 0. The largest absolute Gasteiger partial charge is 0.462 e. The van der Waals surface area contributed by atoms with E-state index < -0.39 is 6.10 Å². The number of rotatable bonds is 50. The van der Waals surface area contributed by atoms with Crippen LogP contribution >= 0.6 is 0 Å². The van der Waals surface area contributed by atoms with Gasteiger partial charge in [-0.15, -0.1) is 0 Å². The molecule has 0 spiro atoms. The molecule has 384 valence electrons. The molecule has 0 aromatic carbocycles. The van der Waals surface area contributed by atoms with E-state index in [4.69, 9.17) is 14.2 Å². The zero-order valence-electron chi connectivity index (χ0n) is 43.9. The molecule has 0 aromatic heterocycles. The molecule has 1 atom stereocenters. The van der Waals surface area contributed by atoms with E-state index in [1.807, 2.05) is 18.2 Å². The number of hydrogen-bond donors (Lipinski definition) is 0. The van der Waals surface area contributed by atoms with Crippen LogP contribution in [0.2, 0.25) is 0 Å². The SMILES string of the molecule is CC\C=C/C=C\C=C/C=C\CCCCCCCC(=O)OC(COC(=O)CCCCCCCCCCC/C=C\C/C=C\C/C=C\CC)COC(=O)CCCCCCCCCCCCCCCCC. The lowest BCUT2D eigenvalue weighted by atomic mass is 10.0. The molecule has 0 rings (SSSR count). The van der Waals surface area contributed by atoms with Gasteiger partial charge in [0, 0.05) is 19.3 Å². The fourth-order valence-corrected chi connectivity index (χ4v) is 7.82. The van der Waals surface area contributed by atoms with Crippen molar-refractivity contribution in [3.8, 4) is 0 Å². The maximum Gasteiger partial charge on any atom is 0.306 e. The highest BCUT2D eigenvalue weighted by molar-refractivity contribution is 5.71. The lowest BCUT2D eigenvalue weighted by Gasteiger charge is -2.18. The standard InChI is InChI=1S/C61H104O6/c1-4-7-10-13-16-19-22-25-28-29-30-31-34-36-39-42-45-48-51-54-60(63)66-57-58(67-61(64)55-52-49-46-43-40-37-33-27-24-21-18-15-12-9-6-3)56-65-59(62)53-50-47-44-41-38-35-32-26-23-20-17-14-11-8-5-2/h7,9-10,12,15-16,18-19,21,24-25,27-28,33,58H,4-6,8,11,13-14,17,20,22-23,26,29-32,34-57H2,1-3H3/b10-7-,12-9-,18-15-,19-16-,24-21-,28-25-,33-27-. The molecule has 6 heteroatoms. The van der Waals surface area contributed by atoms with Crippen molar-refractivity contribution in [1.29, 1.82) is 0 Å². The van der Waals surface area contributed by atoms with E-state index in [-0.39, 0.29) is 31.1 Å². The van der Waals surface area contributed by atoms with E-state index in [9.17, 15) is 14.4 Å². The Hall–Kier alpha value is -3.41. The van der Waals surface area contributed by atoms with E-state index in [0.29, 0.717) is 19.3 Å². The van der Waals surface area contributed by atoms with Crippen molar-refractivity contribution >= 4 is 17.9 Å². The van der Waals surface area contributed by atoms with Crippen LogP contribution in [0.4, 0.5) is 0 Å². The van der Waals surface area contributed by atoms with E-state index in [2.05, 4.69) is 87.6 Å². The van der Waals surface area contributed by atoms with E-state index in [1.165, 1.54) is 122 Å². The lowest BCUT2D eigenvalue weighted by molar-refractivity contribution is -0.167. The molecule has 0 aliphatic rings. The molecule has 0 bridgehead atoms. The molecule has 0 fully saturated rings. The molecule has 0 saturated heterocycles. The normalized spacial score (nSPS) is 12.7. The molecule has 0 aliphatic carbocycles. The Labute approximate surface area is 414 Å². The number of carbonyl (C=O) groups is 3. The van der Waals surface area contributed by atoms with Crippen LogP contribution in [-0.4, -0.2) is 37.2 Å². The number of carbonyl (C=O) groups excluding carboxylic acids is 3. The van der Waals surface area contributed by atoms with Crippen LogP contribution in [-0.2, 0) is 28.6 Å². The molecule has 67 heavy (non-hydrogen) atoms. The molecule has 6 nitrogen and oxygen atoms in total. The van der Waals surface area contributed by atoms with Gasteiger partial charge in [0.15, 0.2) is 6.10 Å². The zero-order valence-corrected chi connectivity index (χ0v) is 43.9. The summed E-state index contributed by atoms with van der Waals surface area (Å²) < 4.78 is 16.8. The van der Waals surface area contributed by atoms with Crippen molar-refractivity contribution in [1.82, 2.24) is 0 Å². The minimum atomic E-state index is -0.790. The van der Waals surface area contributed by atoms with Gasteiger partial charge in [-0.05, 0) is 70.6 Å². The summed E-state index contributed by atoms with van der Waals surface area (Å²) in [5.74, 6) is -0.908. The number of esters is 3.